The predicted octanol–water partition coefficient (Wildman–Crippen LogP) is 2.79. The number of para-hydroxylation sites is 2. The number of benzene rings is 2. The van der Waals surface area contributed by atoms with Crippen molar-refractivity contribution in [1.82, 2.24) is 10.6 Å². The Kier molecular flexibility index (Phi) is 7.65. The lowest BCUT2D eigenvalue weighted by Crippen LogP contribution is -2.51. The molecule has 1 aliphatic heterocycles. The van der Waals surface area contributed by atoms with Crippen LogP contribution in [0.4, 0.5) is 5.69 Å². The van der Waals surface area contributed by atoms with Crippen LogP contribution in [0.1, 0.15) is 18.4 Å². The number of hydrogen-bond donors (Lipinski definition) is 3. The average molecular weight is 413 g/mol. The molecule has 0 saturated carbocycles. The van der Waals surface area contributed by atoms with Crippen molar-refractivity contribution in [3.05, 3.63) is 48.0 Å². The third-order valence-electron chi connectivity index (χ3n) is 5.39. The zero-order chi connectivity index (χ0) is 21.3. The summed E-state index contributed by atoms with van der Waals surface area (Å²) in [7, 11) is 5.08. The highest BCUT2D eigenvalue weighted by molar-refractivity contribution is 5.80. The van der Waals surface area contributed by atoms with E-state index in [9.17, 15) is 5.11 Å². The maximum atomic E-state index is 10.1. The second-order valence-electron chi connectivity index (χ2n) is 7.34. The first kappa shape index (κ1) is 21.6. The molecule has 7 heteroatoms. The van der Waals surface area contributed by atoms with Gasteiger partial charge in [0.1, 0.15) is 17.2 Å². The topological polar surface area (TPSA) is 78.4 Å². The van der Waals surface area contributed by atoms with E-state index in [4.69, 9.17) is 9.47 Å². The van der Waals surface area contributed by atoms with Crippen LogP contribution in [0, 0.1) is 0 Å². The molecule has 0 aromatic heterocycles. The van der Waals surface area contributed by atoms with Gasteiger partial charge in [-0.1, -0.05) is 18.2 Å². The van der Waals surface area contributed by atoms with E-state index in [0.717, 1.165) is 48.9 Å². The fourth-order valence-corrected chi connectivity index (χ4v) is 3.79. The smallest absolute Gasteiger partial charge is 0.191 e. The minimum Gasteiger partial charge on any atom is -0.508 e. The Bertz CT molecular complexity index is 856. The number of anilines is 1. The van der Waals surface area contributed by atoms with Gasteiger partial charge in [-0.3, -0.25) is 4.99 Å². The van der Waals surface area contributed by atoms with Crippen LogP contribution in [0.5, 0.6) is 17.2 Å². The van der Waals surface area contributed by atoms with E-state index in [0.29, 0.717) is 24.8 Å². The van der Waals surface area contributed by atoms with Gasteiger partial charge in [0.25, 0.3) is 0 Å². The first-order chi connectivity index (χ1) is 14.6. The summed E-state index contributed by atoms with van der Waals surface area (Å²) in [5.74, 6) is 2.58. The molecule has 0 radical (unpaired) electrons. The minimum atomic E-state index is 0.249. The van der Waals surface area contributed by atoms with Crippen molar-refractivity contribution in [1.29, 1.82) is 0 Å². The summed E-state index contributed by atoms with van der Waals surface area (Å²) in [6, 6.07) is 13.8. The first-order valence-electron chi connectivity index (χ1n) is 10.4. The highest BCUT2D eigenvalue weighted by atomic mass is 16.5. The van der Waals surface area contributed by atoms with Gasteiger partial charge < -0.3 is 30.1 Å². The standard InChI is InChI=1S/C23H32N4O3/c1-24-23(25-13-12-17-10-11-19(29-2)15-21(17)28)26-18-7-6-14-27(16-18)20-8-4-5-9-22(20)30-3/h4-5,8-11,15,18,28H,6-7,12-14,16H2,1-3H3,(H2,24,25,26). The highest BCUT2D eigenvalue weighted by Crippen LogP contribution is 2.30. The van der Waals surface area contributed by atoms with Gasteiger partial charge in [0, 0.05) is 38.8 Å². The van der Waals surface area contributed by atoms with E-state index >= 15 is 0 Å². The third-order valence-corrected chi connectivity index (χ3v) is 5.39. The summed E-state index contributed by atoms with van der Waals surface area (Å²) in [4.78, 5) is 6.73. The monoisotopic (exact) mass is 412 g/mol. The van der Waals surface area contributed by atoms with Crippen molar-refractivity contribution in [2.75, 3.05) is 45.8 Å². The van der Waals surface area contributed by atoms with Crippen LogP contribution in [0.25, 0.3) is 0 Å². The summed E-state index contributed by atoms with van der Waals surface area (Å²) in [6.45, 7) is 2.57. The number of nitrogens with one attached hydrogen (secondary N) is 2. The molecular weight excluding hydrogens is 380 g/mol. The van der Waals surface area contributed by atoms with Crippen molar-refractivity contribution >= 4 is 11.6 Å². The summed E-state index contributed by atoms with van der Waals surface area (Å²) >= 11 is 0. The van der Waals surface area contributed by atoms with Crippen molar-refractivity contribution in [3.8, 4) is 17.2 Å². The number of aliphatic imine (C=N–C) groups is 1. The molecular formula is C23H32N4O3. The van der Waals surface area contributed by atoms with Gasteiger partial charge in [-0.25, -0.2) is 0 Å². The first-order valence-corrected chi connectivity index (χ1v) is 10.4. The van der Waals surface area contributed by atoms with Gasteiger partial charge in [0.05, 0.1) is 19.9 Å². The zero-order valence-corrected chi connectivity index (χ0v) is 18.0. The molecule has 7 nitrogen and oxygen atoms in total. The lowest BCUT2D eigenvalue weighted by atomic mass is 10.0. The zero-order valence-electron chi connectivity index (χ0n) is 18.0. The highest BCUT2D eigenvalue weighted by Gasteiger charge is 2.22. The Hall–Kier alpha value is -3.09. The molecule has 0 bridgehead atoms. The number of phenols is 1. The van der Waals surface area contributed by atoms with Gasteiger partial charge >= 0.3 is 0 Å². The number of hydrogen-bond acceptors (Lipinski definition) is 5. The maximum absolute atomic E-state index is 10.1. The van der Waals surface area contributed by atoms with Gasteiger partial charge in [-0.05, 0) is 43.0 Å². The Morgan fingerprint density at radius 3 is 2.77 bits per heavy atom. The largest absolute Gasteiger partial charge is 0.508 e. The molecule has 1 heterocycles. The molecule has 0 aliphatic carbocycles. The van der Waals surface area contributed by atoms with E-state index in [1.807, 2.05) is 30.3 Å². The van der Waals surface area contributed by atoms with Crippen molar-refractivity contribution < 1.29 is 14.6 Å². The number of ether oxygens (including phenoxy) is 2. The number of piperidine rings is 1. The molecule has 2 aromatic carbocycles. The Morgan fingerprint density at radius 2 is 2.03 bits per heavy atom. The molecule has 3 N–H and O–H groups in total. The van der Waals surface area contributed by atoms with E-state index in [1.54, 1.807) is 27.3 Å². The molecule has 0 spiro atoms. The number of phenolic OH excluding ortho intramolecular Hbond substituents is 1. The second-order valence-corrected chi connectivity index (χ2v) is 7.34. The number of aromatic hydroxyl groups is 1. The van der Waals surface area contributed by atoms with Crippen LogP contribution < -0.4 is 25.0 Å². The fraction of sp³-hybridized carbons (Fsp3) is 0.435. The number of rotatable bonds is 7. The quantitative estimate of drug-likeness (QED) is 0.480. The van der Waals surface area contributed by atoms with Crippen LogP contribution in [0.2, 0.25) is 0 Å². The maximum Gasteiger partial charge on any atom is 0.191 e. The normalized spacial score (nSPS) is 16.8. The van der Waals surface area contributed by atoms with Crippen molar-refractivity contribution in [3.63, 3.8) is 0 Å². The third kappa shape index (κ3) is 5.49. The lowest BCUT2D eigenvalue weighted by molar-refractivity contribution is 0.406. The van der Waals surface area contributed by atoms with E-state index < -0.39 is 0 Å². The molecule has 1 fully saturated rings. The van der Waals surface area contributed by atoms with E-state index in [2.05, 4.69) is 26.6 Å². The minimum absolute atomic E-state index is 0.249. The van der Waals surface area contributed by atoms with Gasteiger partial charge in [-0.15, -0.1) is 0 Å². The molecule has 1 atom stereocenters. The Morgan fingerprint density at radius 1 is 1.20 bits per heavy atom. The predicted molar refractivity (Wildman–Crippen MR) is 121 cm³/mol. The molecule has 1 aliphatic rings. The van der Waals surface area contributed by atoms with Crippen molar-refractivity contribution in [2.24, 2.45) is 4.99 Å². The van der Waals surface area contributed by atoms with E-state index in [-0.39, 0.29) is 5.75 Å². The van der Waals surface area contributed by atoms with Gasteiger partial charge in [0.2, 0.25) is 0 Å². The van der Waals surface area contributed by atoms with Crippen molar-refractivity contribution in [2.45, 2.75) is 25.3 Å². The summed E-state index contributed by atoms with van der Waals surface area (Å²) in [5.41, 5.74) is 2.00. The molecule has 30 heavy (non-hydrogen) atoms. The summed E-state index contributed by atoms with van der Waals surface area (Å²) in [6.07, 6.45) is 2.88. The molecule has 0 amide bonds. The molecule has 162 valence electrons. The van der Waals surface area contributed by atoms with Crippen LogP contribution in [0.15, 0.2) is 47.5 Å². The van der Waals surface area contributed by atoms with Crippen LogP contribution in [-0.2, 0) is 6.42 Å². The van der Waals surface area contributed by atoms with Crippen LogP contribution in [-0.4, -0.2) is 58.0 Å². The molecule has 1 saturated heterocycles. The Balaban J connectivity index is 1.53. The SMILES string of the molecule is CN=C(NCCc1ccc(OC)cc1O)NC1CCCN(c2ccccc2OC)C1. The summed E-state index contributed by atoms with van der Waals surface area (Å²) < 4.78 is 10.7. The number of guanidine groups is 1. The number of nitrogens with zero attached hydrogens (tertiary/aromatic N) is 2. The van der Waals surface area contributed by atoms with E-state index in [1.165, 1.54) is 0 Å². The van der Waals surface area contributed by atoms with Crippen LogP contribution in [0.3, 0.4) is 0 Å². The molecule has 1 unspecified atom stereocenters. The van der Waals surface area contributed by atoms with Gasteiger partial charge in [0.15, 0.2) is 5.96 Å². The Labute approximate surface area is 178 Å². The molecule has 3 rings (SSSR count). The number of methoxy groups -OCH3 is 2. The fourth-order valence-electron chi connectivity index (χ4n) is 3.79. The average Bonchev–Trinajstić information content (AvgIpc) is 2.79. The second kappa shape index (κ2) is 10.6. The summed E-state index contributed by atoms with van der Waals surface area (Å²) in [5, 5.41) is 17.0. The lowest BCUT2D eigenvalue weighted by Gasteiger charge is -2.36. The van der Waals surface area contributed by atoms with Crippen LogP contribution >= 0.6 is 0 Å². The molecule has 2 aromatic rings. The van der Waals surface area contributed by atoms with Gasteiger partial charge in [-0.2, -0.15) is 0 Å².